The van der Waals surface area contributed by atoms with Gasteiger partial charge in [0.05, 0.1) is 0 Å². The minimum Gasteiger partial charge on any atom is -0.451 e. The molecule has 13 heavy (non-hydrogen) atoms. The van der Waals surface area contributed by atoms with Crippen molar-refractivity contribution in [3.8, 4) is 11.3 Å². The van der Waals surface area contributed by atoms with Crippen LogP contribution in [-0.4, -0.2) is 4.98 Å². The van der Waals surface area contributed by atoms with Crippen LogP contribution in [0.2, 0.25) is 0 Å². The maximum Gasteiger partial charge on any atom is 0.181 e. The van der Waals surface area contributed by atoms with Crippen molar-refractivity contribution in [2.45, 2.75) is 13.8 Å². The fraction of sp³-hybridized carbons (Fsp3) is 0.182. The lowest BCUT2D eigenvalue weighted by Crippen LogP contribution is -1.84. The molecular weight excluding hydrogens is 162 g/mol. The molecule has 0 atom stereocenters. The normalized spacial score (nSPS) is 10.3. The summed E-state index contributed by atoms with van der Waals surface area (Å²) in [6, 6.07) is 6.31. The Morgan fingerprint density at radius 2 is 2.08 bits per heavy atom. The number of oxazole rings is 1. The van der Waals surface area contributed by atoms with E-state index in [1.807, 2.05) is 0 Å². The average Bonchev–Trinajstić information content (AvgIpc) is 2.61. The van der Waals surface area contributed by atoms with Crippen molar-refractivity contribution in [3.05, 3.63) is 42.0 Å². The Morgan fingerprint density at radius 1 is 1.23 bits per heavy atom. The lowest BCUT2D eigenvalue weighted by Gasteiger charge is -2.02. The number of aromatic nitrogens is 1. The highest BCUT2D eigenvalue weighted by atomic mass is 16.3. The van der Waals surface area contributed by atoms with Crippen LogP contribution in [0.3, 0.4) is 0 Å². The van der Waals surface area contributed by atoms with Crippen LogP contribution in [0.15, 0.2) is 35.3 Å². The highest BCUT2D eigenvalue weighted by Gasteiger charge is 2.03. The van der Waals surface area contributed by atoms with Crippen LogP contribution in [0.1, 0.15) is 11.1 Å². The Balaban J connectivity index is 2.57. The quantitative estimate of drug-likeness (QED) is 0.662. The summed E-state index contributed by atoms with van der Waals surface area (Å²) in [4.78, 5) is 4.12. The van der Waals surface area contributed by atoms with Gasteiger partial charge in [0.15, 0.2) is 6.39 Å². The minimum atomic E-state index is 0.904. The third-order valence-electron chi connectivity index (χ3n) is 2.10. The molecule has 2 heteroatoms. The van der Waals surface area contributed by atoms with Crippen molar-refractivity contribution in [2.75, 3.05) is 0 Å². The molecule has 2 rings (SSSR count). The van der Waals surface area contributed by atoms with E-state index < -0.39 is 0 Å². The second-order valence-electron chi connectivity index (χ2n) is 3.19. The summed E-state index contributed by atoms with van der Waals surface area (Å²) < 4.78 is 4.95. The molecule has 0 saturated heterocycles. The molecule has 0 spiro atoms. The summed E-state index contributed by atoms with van der Waals surface area (Å²) in [5, 5.41) is 0. The van der Waals surface area contributed by atoms with Gasteiger partial charge in [-0.25, -0.2) is 4.98 Å². The largest absolute Gasteiger partial charge is 0.451 e. The first-order valence-electron chi connectivity index (χ1n) is 4.23. The SMILES string of the molecule is Cc1ccc(C)c(-c2cocn2)c1. The minimum absolute atomic E-state index is 0.904. The highest BCUT2D eigenvalue weighted by Crippen LogP contribution is 2.22. The summed E-state index contributed by atoms with van der Waals surface area (Å²) in [6.45, 7) is 4.15. The standard InChI is InChI=1S/C11H11NO/c1-8-3-4-9(2)10(5-8)11-6-13-7-12-11/h3-7H,1-2H3. The lowest BCUT2D eigenvalue weighted by molar-refractivity contribution is 0.558. The van der Waals surface area contributed by atoms with Crippen LogP contribution in [-0.2, 0) is 0 Å². The molecule has 2 aromatic rings. The molecular formula is C11H11NO. The van der Waals surface area contributed by atoms with E-state index in [0.29, 0.717) is 0 Å². The van der Waals surface area contributed by atoms with Gasteiger partial charge in [0.2, 0.25) is 0 Å². The van der Waals surface area contributed by atoms with Gasteiger partial charge < -0.3 is 4.42 Å². The zero-order chi connectivity index (χ0) is 9.26. The van der Waals surface area contributed by atoms with E-state index in [2.05, 4.69) is 37.0 Å². The van der Waals surface area contributed by atoms with E-state index >= 15 is 0 Å². The second-order valence-corrected chi connectivity index (χ2v) is 3.19. The molecule has 0 radical (unpaired) electrons. The molecule has 2 nitrogen and oxygen atoms in total. The van der Waals surface area contributed by atoms with E-state index in [-0.39, 0.29) is 0 Å². The van der Waals surface area contributed by atoms with Gasteiger partial charge in [0.1, 0.15) is 12.0 Å². The predicted octanol–water partition coefficient (Wildman–Crippen LogP) is 2.96. The molecule has 0 unspecified atom stereocenters. The van der Waals surface area contributed by atoms with E-state index in [1.54, 1.807) is 6.26 Å². The first kappa shape index (κ1) is 8.05. The van der Waals surface area contributed by atoms with Crippen LogP contribution in [0, 0.1) is 13.8 Å². The van der Waals surface area contributed by atoms with Gasteiger partial charge in [-0.05, 0) is 25.5 Å². The Hall–Kier alpha value is -1.57. The van der Waals surface area contributed by atoms with Gasteiger partial charge in [-0.1, -0.05) is 17.7 Å². The van der Waals surface area contributed by atoms with E-state index in [9.17, 15) is 0 Å². The van der Waals surface area contributed by atoms with Crippen LogP contribution in [0.5, 0.6) is 0 Å². The first-order valence-corrected chi connectivity index (χ1v) is 4.23. The van der Waals surface area contributed by atoms with Gasteiger partial charge in [-0.3, -0.25) is 0 Å². The maximum atomic E-state index is 4.95. The van der Waals surface area contributed by atoms with Crippen molar-refractivity contribution in [2.24, 2.45) is 0 Å². The molecule has 1 aromatic heterocycles. The van der Waals surface area contributed by atoms with E-state index in [4.69, 9.17) is 4.42 Å². The Labute approximate surface area is 77.2 Å². The molecule has 0 saturated carbocycles. The molecule has 0 N–H and O–H groups in total. The molecule has 66 valence electrons. The maximum absolute atomic E-state index is 4.95. The van der Waals surface area contributed by atoms with Gasteiger partial charge in [-0.2, -0.15) is 0 Å². The monoisotopic (exact) mass is 173 g/mol. The molecule has 0 aliphatic rings. The molecule has 1 aromatic carbocycles. The predicted molar refractivity (Wildman–Crippen MR) is 51.4 cm³/mol. The third kappa shape index (κ3) is 1.47. The summed E-state index contributed by atoms with van der Waals surface area (Å²) in [7, 11) is 0. The fourth-order valence-corrected chi connectivity index (χ4v) is 1.36. The number of aryl methyl sites for hydroxylation is 2. The zero-order valence-corrected chi connectivity index (χ0v) is 7.74. The van der Waals surface area contributed by atoms with Crippen molar-refractivity contribution >= 4 is 0 Å². The van der Waals surface area contributed by atoms with Gasteiger partial charge >= 0.3 is 0 Å². The number of nitrogens with zero attached hydrogens (tertiary/aromatic N) is 1. The summed E-state index contributed by atoms with van der Waals surface area (Å²) in [6.07, 6.45) is 3.12. The topological polar surface area (TPSA) is 26.0 Å². The van der Waals surface area contributed by atoms with Crippen LogP contribution >= 0.6 is 0 Å². The van der Waals surface area contributed by atoms with Crippen molar-refractivity contribution < 1.29 is 4.42 Å². The fourth-order valence-electron chi connectivity index (χ4n) is 1.36. The van der Waals surface area contributed by atoms with Gasteiger partial charge in [-0.15, -0.1) is 0 Å². The summed E-state index contributed by atoms with van der Waals surface area (Å²) >= 11 is 0. The first-order chi connectivity index (χ1) is 6.27. The Bertz CT molecular complexity index is 404. The Kier molecular flexibility index (Phi) is 1.89. The van der Waals surface area contributed by atoms with Crippen LogP contribution in [0.4, 0.5) is 0 Å². The van der Waals surface area contributed by atoms with Crippen molar-refractivity contribution in [1.82, 2.24) is 4.98 Å². The molecule has 1 heterocycles. The van der Waals surface area contributed by atoms with Crippen LogP contribution in [0.25, 0.3) is 11.3 Å². The van der Waals surface area contributed by atoms with Gasteiger partial charge in [0, 0.05) is 5.56 Å². The van der Waals surface area contributed by atoms with Crippen molar-refractivity contribution in [3.63, 3.8) is 0 Å². The number of benzene rings is 1. The van der Waals surface area contributed by atoms with Gasteiger partial charge in [0.25, 0.3) is 0 Å². The van der Waals surface area contributed by atoms with E-state index in [1.165, 1.54) is 17.5 Å². The number of hydrogen-bond donors (Lipinski definition) is 0. The molecule has 0 fully saturated rings. The lowest BCUT2D eigenvalue weighted by atomic mass is 10.0. The number of rotatable bonds is 1. The molecule has 0 bridgehead atoms. The molecule has 0 amide bonds. The van der Waals surface area contributed by atoms with Crippen molar-refractivity contribution in [1.29, 1.82) is 0 Å². The smallest absolute Gasteiger partial charge is 0.181 e. The van der Waals surface area contributed by atoms with E-state index in [0.717, 1.165) is 11.3 Å². The number of hydrogen-bond acceptors (Lipinski definition) is 2. The van der Waals surface area contributed by atoms with Crippen LogP contribution < -0.4 is 0 Å². The third-order valence-corrected chi connectivity index (χ3v) is 2.10. The second kappa shape index (κ2) is 3.05. The zero-order valence-electron chi connectivity index (χ0n) is 7.74. The average molecular weight is 173 g/mol. The summed E-state index contributed by atoms with van der Waals surface area (Å²) in [5.74, 6) is 0. The molecule has 0 aliphatic heterocycles. The Morgan fingerprint density at radius 3 is 2.77 bits per heavy atom. The summed E-state index contributed by atoms with van der Waals surface area (Å²) in [5.41, 5.74) is 4.51. The highest BCUT2D eigenvalue weighted by molar-refractivity contribution is 5.63. The molecule has 0 aliphatic carbocycles.